The van der Waals surface area contributed by atoms with Crippen molar-refractivity contribution in [3.63, 3.8) is 0 Å². The molecule has 119 heavy (non-hydrogen) atoms. The number of ketones is 1. The Morgan fingerprint density at radius 1 is 0.714 bits per heavy atom. The van der Waals surface area contributed by atoms with Gasteiger partial charge in [0.1, 0.15) is 6.54 Å². The van der Waals surface area contributed by atoms with Gasteiger partial charge in [0.2, 0.25) is 11.6 Å². The van der Waals surface area contributed by atoms with E-state index in [1.54, 1.807) is 11.8 Å². The van der Waals surface area contributed by atoms with E-state index in [9.17, 15) is 40.3 Å². The number of hydrogen-bond donors (Lipinski definition) is 6. The first-order valence-corrected chi connectivity index (χ1v) is 47.2. The molecule has 8 aromatic rings. The lowest BCUT2D eigenvalue weighted by Crippen LogP contribution is -2.28. The molecule has 0 radical (unpaired) electrons. The van der Waals surface area contributed by atoms with Crippen molar-refractivity contribution < 1.29 is 49.6 Å². The van der Waals surface area contributed by atoms with Crippen LogP contribution in [0.2, 0.25) is 0 Å². The van der Waals surface area contributed by atoms with Crippen molar-refractivity contribution in [3.05, 3.63) is 229 Å². The number of nitrogens with one attached hydrogen (secondary N) is 4. The molecule has 0 fully saturated rings. The smallest absolute Gasteiger partial charge is 0.264 e. The van der Waals surface area contributed by atoms with Gasteiger partial charge in [0.05, 0.1) is 45.6 Å². The van der Waals surface area contributed by atoms with Crippen LogP contribution in [0.3, 0.4) is 0 Å². The van der Waals surface area contributed by atoms with E-state index in [1.807, 2.05) is 31.2 Å². The number of aromatic nitrogens is 4. The molecule has 0 spiro atoms. The van der Waals surface area contributed by atoms with Crippen LogP contribution < -0.4 is 15.5 Å². The highest BCUT2D eigenvalue weighted by atomic mass is 32.2. The maximum absolute atomic E-state index is 14.2. The highest BCUT2D eigenvalue weighted by molar-refractivity contribution is 8.03. The summed E-state index contributed by atoms with van der Waals surface area (Å²) in [6, 6.07) is 39.8. The summed E-state index contributed by atoms with van der Waals surface area (Å²) in [6.07, 6.45) is 22.8. The molecular weight excluding hydrogens is 1550 g/mol. The Labute approximate surface area is 706 Å². The second-order valence-electron chi connectivity index (χ2n) is 34.4. The number of aryl methyl sites for hydroxylation is 2. The topological polar surface area (TPSA) is 257 Å². The van der Waals surface area contributed by atoms with Crippen molar-refractivity contribution in [1.29, 1.82) is 0 Å². The van der Waals surface area contributed by atoms with Gasteiger partial charge in [-0.1, -0.05) is 145 Å². The average Bonchev–Trinajstić information content (AvgIpc) is 1.58. The molecule has 0 saturated heterocycles. The molecule has 0 saturated carbocycles. The highest BCUT2D eigenvalue weighted by Gasteiger charge is 2.46. The monoisotopic (exact) mass is 1660 g/mol. The van der Waals surface area contributed by atoms with Crippen molar-refractivity contribution in [2.45, 2.75) is 232 Å². The Morgan fingerprint density at radius 2 is 1.39 bits per heavy atom. The summed E-state index contributed by atoms with van der Waals surface area (Å²) in [5.41, 5.74) is 22.9. The zero-order chi connectivity index (χ0) is 84.2. The van der Waals surface area contributed by atoms with Crippen molar-refractivity contribution >= 4 is 121 Å². The van der Waals surface area contributed by atoms with E-state index >= 15 is 0 Å². The number of fused-ring (bicyclic) bond motifs is 14. The molecule has 21 heteroatoms. The maximum atomic E-state index is 14.2. The Hall–Kier alpha value is -9.35. The minimum Gasteiger partial charge on any atom is -0.374 e. The Bertz CT molecular complexity index is 5920. The third-order valence-electron chi connectivity index (χ3n) is 25.6. The standard InChI is InChI=1S/C98H116N8O10S3/c1-12-14-15-26-54-116-65(7)89-63(5)79-58-78-62(4)73(93(103-78)76-57-85(107)90-64(6)80(104-94(76)90)59-81-72(13-2)61(3)77(101-81)60-82(89)102-79)44-49-88(108)99-50-22-16-17-23-51-100-96(109)70-36-42-71(43-37-70)117-95-68(40-47-86-97(8,9)91-74-34-20-18-30-66(74)38-45-83(91)105(86)52-24-27-55-118(110,111)112)32-29-33-69(95)41-48-87-98(10,11)92-75-35-21-19-31-67(75)39-46-84(92)106(87)53-25-28-56-119(113,114)115/h18-21,30-31,34-43,45-48,58-60,62,65,73H,12-17,22-29,32-33,44,49-57H2,1-11H3,(H5-,99,100,101,102,103,104,107,108,109,110,111,112,113,114,115)/p+1/t62-,65?,73-/m0/s1. The minimum atomic E-state index is -4.13. The number of Topliss-reactive ketones (excluding diaryl/α,β-unsaturated/α-hetero) is 1. The molecular formula is C98H117N8O10S3+. The molecule has 14 rings (SSSR count). The zero-order valence-corrected chi connectivity index (χ0v) is 73.5. The number of aromatic amines is 2. The summed E-state index contributed by atoms with van der Waals surface area (Å²) in [7, 11) is -8.26. The lowest BCUT2D eigenvalue weighted by Gasteiger charge is -2.28. The van der Waals surface area contributed by atoms with Gasteiger partial charge < -0.3 is 30.2 Å². The number of unbranched alkanes of at least 4 members (excludes halogenated alkanes) is 8. The molecule has 8 bridgehead atoms. The van der Waals surface area contributed by atoms with E-state index in [0.717, 1.165) is 209 Å². The number of anilines is 1. The molecule has 5 aromatic carbocycles. The number of benzene rings is 5. The van der Waals surface area contributed by atoms with Gasteiger partial charge in [0.25, 0.3) is 26.1 Å². The van der Waals surface area contributed by atoms with Crippen LogP contribution >= 0.6 is 11.8 Å². The van der Waals surface area contributed by atoms with Gasteiger partial charge in [0.15, 0.2) is 11.5 Å². The Morgan fingerprint density at radius 3 is 2.10 bits per heavy atom. The normalized spacial score (nSPS) is 18.0. The number of rotatable bonds is 34. The fourth-order valence-electron chi connectivity index (χ4n) is 19.2. The SMILES string of the molecule is CCCCCCOC(C)c1c(C)c2cc3nc(c4c5[nH]c(cc6nc(cc1[nH]2)C(C)=C6CC)c(C)c5C(=O)C4)[C@@H](CCC(=O)NCCCCCCNC(=O)c1ccc(SC2=C(/C=C/C4=[N+](CCCCS(=O)(=O)O)c5ccc6ccccc6c5C4(C)C)CCC/C2=C\C=C2\N(CCCCS(=O)(=O)O)c4ccc5ccccc5c4C2(C)C)cc1)[C@@H]3C. The minimum absolute atomic E-state index is 0.0189. The molecule has 7 heterocycles. The van der Waals surface area contributed by atoms with Crippen molar-refractivity contribution in [2.24, 2.45) is 0 Å². The van der Waals surface area contributed by atoms with Crippen LogP contribution in [0.4, 0.5) is 11.4 Å². The molecule has 3 atom stereocenters. The number of carbonyl (C=O) groups is 3. The summed E-state index contributed by atoms with van der Waals surface area (Å²) in [5.74, 6) is -0.878. The van der Waals surface area contributed by atoms with Crippen LogP contribution in [0.1, 0.15) is 273 Å². The Kier molecular flexibility index (Phi) is 26.4. The zero-order valence-electron chi connectivity index (χ0n) is 71.1. The van der Waals surface area contributed by atoms with Crippen molar-refractivity contribution in [1.82, 2.24) is 30.6 Å². The molecule has 626 valence electrons. The van der Waals surface area contributed by atoms with Gasteiger partial charge in [-0.15, -0.1) is 0 Å². The van der Waals surface area contributed by atoms with Gasteiger partial charge in [0, 0.05) is 146 Å². The third kappa shape index (κ3) is 18.6. The average molecular weight is 1660 g/mol. The van der Waals surface area contributed by atoms with Crippen LogP contribution in [-0.4, -0.2) is 118 Å². The molecule has 2 aliphatic carbocycles. The summed E-state index contributed by atoms with van der Waals surface area (Å²) < 4.78 is 76.1. The molecule has 2 amide bonds. The number of allylic oxidation sites excluding steroid dienone is 9. The molecule has 6 aliphatic rings. The number of ether oxygens (including phenoxy) is 1. The van der Waals surface area contributed by atoms with Gasteiger partial charge in [-0.3, -0.25) is 28.5 Å². The molecule has 6 N–H and O–H groups in total. The fraction of sp³-hybridized carbons (Fsp3) is 0.429. The predicted molar refractivity (Wildman–Crippen MR) is 485 cm³/mol. The van der Waals surface area contributed by atoms with Crippen LogP contribution in [0.25, 0.3) is 54.8 Å². The molecule has 18 nitrogen and oxygen atoms in total. The van der Waals surface area contributed by atoms with E-state index < -0.39 is 31.1 Å². The summed E-state index contributed by atoms with van der Waals surface area (Å²) in [5, 5.41) is 11.0. The van der Waals surface area contributed by atoms with Gasteiger partial charge in [-0.2, -0.15) is 21.4 Å². The summed E-state index contributed by atoms with van der Waals surface area (Å²) >= 11 is 1.69. The van der Waals surface area contributed by atoms with Crippen LogP contribution in [0.5, 0.6) is 0 Å². The van der Waals surface area contributed by atoms with E-state index in [-0.39, 0.29) is 53.5 Å². The molecule has 1 unspecified atom stereocenters. The molecule has 3 aromatic heterocycles. The number of amides is 2. The van der Waals surface area contributed by atoms with E-state index in [4.69, 9.17) is 14.7 Å². The number of nitrogens with zero attached hydrogens (tertiary/aromatic N) is 4. The lowest BCUT2D eigenvalue weighted by molar-refractivity contribution is -0.438. The van der Waals surface area contributed by atoms with Gasteiger partial charge >= 0.3 is 0 Å². The first-order chi connectivity index (χ1) is 57.0. The molecule has 4 aliphatic heterocycles. The van der Waals surface area contributed by atoms with Crippen molar-refractivity contribution in [3.8, 4) is 0 Å². The third-order valence-corrected chi connectivity index (χ3v) is 28.4. The largest absolute Gasteiger partial charge is 0.374 e. The number of thioether (sulfide) groups is 1. The van der Waals surface area contributed by atoms with E-state index in [1.165, 1.54) is 23.1 Å². The highest BCUT2D eigenvalue weighted by Crippen LogP contribution is 2.53. The van der Waals surface area contributed by atoms with Crippen molar-refractivity contribution in [2.75, 3.05) is 49.2 Å². The first-order valence-electron chi connectivity index (χ1n) is 43.2. The van der Waals surface area contributed by atoms with E-state index in [2.05, 4.69) is 215 Å². The van der Waals surface area contributed by atoms with Crippen LogP contribution in [0.15, 0.2) is 166 Å². The lowest BCUT2D eigenvalue weighted by atomic mass is 9.78. The van der Waals surface area contributed by atoms with Crippen LogP contribution in [-0.2, 0) is 47.0 Å². The maximum Gasteiger partial charge on any atom is 0.264 e. The fourth-order valence-corrected chi connectivity index (χ4v) is 21.5. The Balaban J connectivity index is 0.652. The summed E-state index contributed by atoms with van der Waals surface area (Å²) in [6.45, 7) is 26.9. The second kappa shape index (κ2) is 36.5. The van der Waals surface area contributed by atoms with Gasteiger partial charge in [-0.25, -0.2) is 4.98 Å². The second-order valence-corrected chi connectivity index (χ2v) is 38.6. The predicted octanol–water partition coefficient (Wildman–Crippen LogP) is 21.9. The van der Waals surface area contributed by atoms with E-state index in [0.29, 0.717) is 82.4 Å². The number of H-pyrrole nitrogens is 2. The van der Waals surface area contributed by atoms with Gasteiger partial charge in [-0.05, 0) is 233 Å². The van der Waals surface area contributed by atoms with Crippen LogP contribution in [0, 0.1) is 13.8 Å². The first kappa shape index (κ1) is 86.0. The number of hydrogen-bond acceptors (Lipinski definition) is 12. The quantitative estimate of drug-likeness (QED) is 0.0125. The summed E-state index contributed by atoms with van der Waals surface area (Å²) in [4.78, 5) is 64.6. The number of carbonyl (C=O) groups excluding carboxylic acids is 3.